The Balaban J connectivity index is 2.61. The van der Waals surface area contributed by atoms with Crippen LogP contribution in [0, 0.1) is 0 Å². The molecule has 0 aliphatic rings. The average molecular weight is 320 g/mol. The fourth-order valence-corrected chi connectivity index (χ4v) is 2.15. The summed E-state index contributed by atoms with van der Waals surface area (Å²) in [5.74, 6) is 0. The average Bonchev–Trinajstić information content (AvgIpc) is 2.44. The van der Waals surface area contributed by atoms with Gasteiger partial charge in [0.1, 0.15) is 0 Å². The van der Waals surface area contributed by atoms with Crippen molar-refractivity contribution < 1.29 is 31.4 Å². The van der Waals surface area contributed by atoms with Gasteiger partial charge in [0.05, 0.1) is 17.7 Å². The first-order chi connectivity index (χ1) is 10.1. The van der Waals surface area contributed by atoms with Crippen LogP contribution < -0.4 is 0 Å². The molecule has 0 saturated carbocycles. The lowest BCUT2D eigenvalue weighted by Gasteiger charge is -2.16. The van der Waals surface area contributed by atoms with Crippen molar-refractivity contribution in [3.05, 3.63) is 59.2 Å². The Kier molecular flexibility index (Phi) is 4.19. The van der Waals surface area contributed by atoms with Gasteiger partial charge in [-0.3, -0.25) is 0 Å². The summed E-state index contributed by atoms with van der Waals surface area (Å²) >= 11 is 0. The molecule has 0 fully saturated rings. The van der Waals surface area contributed by atoms with Crippen molar-refractivity contribution in [3.8, 4) is 11.1 Å². The Morgan fingerprint density at radius 1 is 0.773 bits per heavy atom. The minimum absolute atomic E-state index is 0.0371. The molecule has 0 aromatic heterocycles. The van der Waals surface area contributed by atoms with Gasteiger partial charge in [-0.05, 0) is 34.9 Å². The van der Waals surface area contributed by atoms with Crippen molar-refractivity contribution in [3.63, 3.8) is 0 Å². The zero-order valence-corrected chi connectivity index (χ0v) is 11.0. The monoisotopic (exact) mass is 320 g/mol. The molecule has 0 unspecified atom stereocenters. The fraction of sp³-hybridized carbons (Fsp3) is 0.200. The molecule has 2 aromatic rings. The summed E-state index contributed by atoms with van der Waals surface area (Å²) in [5.41, 5.74) is -2.76. The molecule has 0 heterocycles. The summed E-state index contributed by atoms with van der Waals surface area (Å²) in [6.45, 7) is -0.920. The first-order valence-electron chi connectivity index (χ1n) is 6.12. The molecular weight excluding hydrogens is 310 g/mol. The van der Waals surface area contributed by atoms with Crippen molar-refractivity contribution >= 4 is 0 Å². The summed E-state index contributed by atoms with van der Waals surface area (Å²) in [4.78, 5) is 0. The van der Waals surface area contributed by atoms with E-state index in [-0.39, 0.29) is 11.1 Å². The van der Waals surface area contributed by atoms with E-state index in [1.807, 2.05) is 0 Å². The summed E-state index contributed by atoms with van der Waals surface area (Å²) in [6, 6.07) is 7.15. The van der Waals surface area contributed by atoms with Crippen molar-refractivity contribution in [2.75, 3.05) is 0 Å². The Morgan fingerprint density at radius 3 is 1.91 bits per heavy atom. The molecule has 0 atom stereocenters. The van der Waals surface area contributed by atoms with Crippen LogP contribution in [0.25, 0.3) is 11.1 Å². The van der Waals surface area contributed by atoms with E-state index >= 15 is 0 Å². The van der Waals surface area contributed by atoms with E-state index in [1.54, 1.807) is 0 Å². The van der Waals surface area contributed by atoms with E-state index in [1.165, 1.54) is 18.2 Å². The highest BCUT2D eigenvalue weighted by Crippen LogP contribution is 2.39. The molecule has 118 valence electrons. The second-order valence-electron chi connectivity index (χ2n) is 4.57. The molecule has 0 aliphatic heterocycles. The van der Waals surface area contributed by atoms with E-state index in [2.05, 4.69) is 0 Å². The largest absolute Gasteiger partial charge is 0.417 e. The standard InChI is InChI=1S/C15H10F6O/c16-14(17,18)12-6-5-9(7-10(12)8-22)11-3-1-2-4-13(11)15(19,20)21/h1-7,22H,8H2. The van der Waals surface area contributed by atoms with Crippen LogP contribution in [0.2, 0.25) is 0 Å². The van der Waals surface area contributed by atoms with Crippen LogP contribution in [0.4, 0.5) is 26.3 Å². The maximum Gasteiger partial charge on any atom is 0.417 e. The first-order valence-corrected chi connectivity index (χ1v) is 6.12. The Hall–Kier alpha value is -2.02. The van der Waals surface area contributed by atoms with Gasteiger partial charge in [0.15, 0.2) is 0 Å². The summed E-state index contributed by atoms with van der Waals surface area (Å²) < 4.78 is 77.1. The van der Waals surface area contributed by atoms with E-state index < -0.39 is 35.6 Å². The van der Waals surface area contributed by atoms with Gasteiger partial charge in [0, 0.05) is 0 Å². The van der Waals surface area contributed by atoms with Gasteiger partial charge in [0.2, 0.25) is 0 Å². The highest BCUT2D eigenvalue weighted by Gasteiger charge is 2.35. The maximum atomic E-state index is 13.0. The molecule has 0 saturated heterocycles. The number of alkyl halides is 6. The number of aliphatic hydroxyl groups excluding tert-OH is 1. The zero-order valence-electron chi connectivity index (χ0n) is 11.0. The van der Waals surface area contributed by atoms with Crippen LogP contribution in [-0.2, 0) is 19.0 Å². The third-order valence-corrected chi connectivity index (χ3v) is 3.12. The number of aliphatic hydroxyl groups is 1. The van der Waals surface area contributed by atoms with Gasteiger partial charge in [-0.25, -0.2) is 0 Å². The van der Waals surface area contributed by atoms with Crippen molar-refractivity contribution in [2.24, 2.45) is 0 Å². The van der Waals surface area contributed by atoms with E-state index in [4.69, 9.17) is 5.11 Å². The normalized spacial score (nSPS) is 12.5. The molecule has 0 aliphatic carbocycles. The molecule has 0 bridgehead atoms. The summed E-state index contributed by atoms with van der Waals surface area (Å²) in [6.07, 6.45) is -9.31. The predicted octanol–water partition coefficient (Wildman–Crippen LogP) is 4.88. The van der Waals surface area contributed by atoms with Gasteiger partial charge in [-0.2, -0.15) is 26.3 Å². The first kappa shape index (κ1) is 16.4. The van der Waals surface area contributed by atoms with E-state index in [0.717, 1.165) is 18.2 Å². The Labute approximate surface area is 121 Å². The van der Waals surface area contributed by atoms with Gasteiger partial charge in [0.25, 0.3) is 0 Å². The second kappa shape index (κ2) is 5.64. The summed E-state index contributed by atoms with van der Waals surface area (Å²) in [7, 11) is 0. The van der Waals surface area contributed by atoms with Crippen LogP contribution in [-0.4, -0.2) is 5.11 Å². The van der Waals surface area contributed by atoms with Crippen LogP contribution in [0.5, 0.6) is 0 Å². The van der Waals surface area contributed by atoms with Crippen molar-refractivity contribution in [1.29, 1.82) is 0 Å². The van der Waals surface area contributed by atoms with Crippen molar-refractivity contribution in [2.45, 2.75) is 19.0 Å². The molecule has 0 amide bonds. The quantitative estimate of drug-likeness (QED) is 0.782. The molecule has 0 spiro atoms. The van der Waals surface area contributed by atoms with Crippen LogP contribution >= 0.6 is 0 Å². The zero-order chi connectivity index (χ0) is 16.5. The molecule has 2 rings (SSSR count). The molecular formula is C15H10F6O. The number of halogens is 6. The molecule has 1 nitrogen and oxygen atoms in total. The molecule has 22 heavy (non-hydrogen) atoms. The highest BCUT2D eigenvalue weighted by molar-refractivity contribution is 5.69. The topological polar surface area (TPSA) is 20.2 Å². The van der Waals surface area contributed by atoms with E-state index in [9.17, 15) is 26.3 Å². The molecule has 2 aromatic carbocycles. The fourth-order valence-electron chi connectivity index (χ4n) is 2.15. The summed E-state index contributed by atoms with van der Waals surface area (Å²) in [5, 5.41) is 9.06. The van der Waals surface area contributed by atoms with Crippen LogP contribution in [0.1, 0.15) is 16.7 Å². The molecule has 0 radical (unpaired) electrons. The van der Waals surface area contributed by atoms with Crippen LogP contribution in [0.3, 0.4) is 0 Å². The van der Waals surface area contributed by atoms with E-state index in [0.29, 0.717) is 6.07 Å². The third kappa shape index (κ3) is 3.24. The maximum absolute atomic E-state index is 13.0. The second-order valence-corrected chi connectivity index (χ2v) is 4.57. The minimum atomic E-state index is -4.68. The van der Waals surface area contributed by atoms with Crippen molar-refractivity contribution in [1.82, 2.24) is 0 Å². The van der Waals surface area contributed by atoms with Gasteiger partial charge in [-0.1, -0.05) is 24.3 Å². The minimum Gasteiger partial charge on any atom is -0.392 e. The Bertz CT molecular complexity index is 672. The Morgan fingerprint density at radius 2 is 1.36 bits per heavy atom. The number of hydrogen-bond acceptors (Lipinski definition) is 1. The lowest BCUT2D eigenvalue weighted by Crippen LogP contribution is -2.10. The highest BCUT2D eigenvalue weighted by atomic mass is 19.4. The van der Waals surface area contributed by atoms with Gasteiger partial charge >= 0.3 is 12.4 Å². The SMILES string of the molecule is OCc1cc(-c2ccccc2C(F)(F)F)ccc1C(F)(F)F. The molecule has 1 N–H and O–H groups in total. The number of rotatable bonds is 2. The molecule has 7 heteroatoms. The smallest absolute Gasteiger partial charge is 0.392 e. The predicted molar refractivity (Wildman–Crippen MR) is 67.8 cm³/mol. The van der Waals surface area contributed by atoms with Crippen LogP contribution in [0.15, 0.2) is 42.5 Å². The number of benzene rings is 2. The van der Waals surface area contributed by atoms with Gasteiger partial charge < -0.3 is 5.11 Å². The lowest BCUT2D eigenvalue weighted by molar-refractivity contribution is -0.139. The lowest BCUT2D eigenvalue weighted by atomic mass is 9.95. The number of hydrogen-bond donors (Lipinski definition) is 1. The van der Waals surface area contributed by atoms with Gasteiger partial charge in [-0.15, -0.1) is 0 Å². The third-order valence-electron chi connectivity index (χ3n) is 3.12.